The summed E-state index contributed by atoms with van der Waals surface area (Å²) >= 11 is 1.86. The van der Waals surface area contributed by atoms with E-state index in [4.69, 9.17) is 0 Å². The summed E-state index contributed by atoms with van der Waals surface area (Å²) in [4.78, 5) is 2.75. The first-order valence-corrected chi connectivity index (χ1v) is 6.22. The van der Waals surface area contributed by atoms with Crippen LogP contribution in [0.5, 0.6) is 0 Å². The maximum Gasteiger partial charge on any atom is 0.0522 e. The molecule has 3 nitrogen and oxygen atoms in total. The van der Waals surface area contributed by atoms with E-state index in [1.165, 1.54) is 15.3 Å². The molecule has 0 aliphatic heterocycles. The van der Waals surface area contributed by atoms with Gasteiger partial charge in [-0.2, -0.15) is 5.10 Å². The van der Waals surface area contributed by atoms with Gasteiger partial charge >= 0.3 is 0 Å². The summed E-state index contributed by atoms with van der Waals surface area (Å²) in [6.07, 6.45) is 5.00. The molecule has 1 N–H and O–H groups in total. The third-order valence-corrected chi connectivity index (χ3v) is 3.77. The van der Waals surface area contributed by atoms with Gasteiger partial charge in [0.2, 0.25) is 0 Å². The second-order valence-electron chi connectivity index (χ2n) is 4.02. The lowest BCUT2D eigenvalue weighted by molar-refractivity contribution is 0.602. The molecule has 0 saturated heterocycles. The van der Waals surface area contributed by atoms with Crippen LogP contribution in [0.4, 0.5) is 0 Å². The Morgan fingerprint density at radius 1 is 1.50 bits per heavy atom. The monoisotopic (exact) mass is 235 g/mol. The van der Waals surface area contributed by atoms with Crippen LogP contribution in [0.2, 0.25) is 0 Å². The van der Waals surface area contributed by atoms with Gasteiger partial charge in [-0.3, -0.25) is 4.68 Å². The lowest BCUT2D eigenvalue weighted by atomic mass is 10.1. The molecule has 2 rings (SSSR count). The number of thiophene rings is 1. The van der Waals surface area contributed by atoms with Crippen molar-refractivity contribution in [2.45, 2.75) is 19.4 Å². The normalized spacial score (nSPS) is 12.9. The third-order valence-electron chi connectivity index (χ3n) is 2.65. The first-order chi connectivity index (χ1) is 7.69. The fourth-order valence-electron chi connectivity index (χ4n) is 1.80. The lowest BCUT2D eigenvalue weighted by Gasteiger charge is -2.12. The molecule has 2 aromatic heterocycles. The number of hydrogen-bond donors (Lipinski definition) is 1. The van der Waals surface area contributed by atoms with E-state index >= 15 is 0 Å². The molecule has 16 heavy (non-hydrogen) atoms. The Hall–Kier alpha value is -1.13. The van der Waals surface area contributed by atoms with Gasteiger partial charge in [0.25, 0.3) is 0 Å². The van der Waals surface area contributed by atoms with Gasteiger partial charge in [0.05, 0.1) is 6.20 Å². The van der Waals surface area contributed by atoms with E-state index in [9.17, 15) is 0 Å². The molecule has 0 aliphatic rings. The number of aromatic nitrogens is 2. The number of nitrogens with zero attached hydrogens (tertiary/aromatic N) is 2. The molecule has 0 saturated carbocycles. The van der Waals surface area contributed by atoms with Gasteiger partial charge in [0.1, 0.15) is 0 Å². The molecule has 1 unspecified atom stereocenters. The Morgan fingerprint density at radius 2 is 2.31 bits per heavy atom. The third kappa shape index (κ3) is 2.51. The van der Waals surface area contributed by atoms with E-state index in [-0.39, 0.29) is 0 Å². The van der Waals surface area contributed by atoms with Gasteiger partial charge in [-0.25, -0.2) is 0 Å². The summed E-state index contributed by atoms with van der Waals surface area (Å²) < 4.78 is 1.85. The maximum absolute atomic E-state index is 4.20. The average molecular weight is 235 g/mol. The fraction of sp³-hybridized carbons (Fsp3) is 0.417. The van der Waals surface area contributed by atoms with Crippen LogP contribution in [0.3, 0.4) is 0 Å². The largest absolute Gasteiger partial charge is 0.312 e. The van der Waals surface area contributed by atoms with Crippen LogP contribution >= 0.6 is 11.3 Å². The molecule has 0 bridgehead atoms. The molecule has 0 aromatic carbocycles. The van der Waals surface area contributed by atoms with E-state index < -0.39 is 0 Å². The highest BCUT2D eigenvalue weighted by Crippen LogP contribution is 2.25. The average Bonchev–Trinajstić information content (AvgIpc) is 2.84. The van der Waals surface area contributed by atoms with Crippen molar-refractivity contribution in [1.29, 1.82) is 0 Å². The van der Waals surface area contributed by atoms with Crippen molar-refractivity contribution in [1.82, 2.24) is 15.1 Å². The van der Waals surface area contributed by atoms with Crippen molar-refractivity contribution in [2.75, 3.05) is 7.05 Å². The first-order valence-electron chi connectivity index (χ1n) is 5.40. The van der Waals surface area contributed by atoms with Crippen molar-refractivity contribution in [3.63, 3.8) is 0 Å². The van der Waals surface area contributed by atoms with Crippen LogP contribution < -0.4 is 5.32 Å². The van der Waals surface area contributed by atoms with Gasteiger partial charge in [0, 0.05) is 29.0 Å². The minimum atomic E-state index is 0.392. The second-order valence-corrected chi connectivity index (χ2v) is 5.34. The quantitative estimate of drug-likeness (QED) is 0.881. The maximum atomic E-state index is 4.20. The molecule has 0 amide bonds. The van der Waals surface area contributed by atoms with Gasteiger partial charge in [-0.15, -0.1) is 11.3 Å². The Balaban J connectivity index is 2.12. The SMILES string of the molecule is CNC(Cc1cnn(C)c1)c1ccc(C)s1. The van der Waals surface area contributed by atoms with Crippen LogP contribution in [0, 0.1) is 6.92 Å². The summed E-state index contributed by atoms with van der Waals surface area (Å²) in [6.45, 7) is 2.14. The summed E-state index contributed by atoms with van der Waals surface area (Å²) in [7, 11) is 3.96. The van der Waals surface area contributed by atoms with Crippen LogP contribution in [0.1, 0.15) is 21.4 Å². The molecule has 0 radical (unpaired) electrons. The molecule has 0 fully saturated rings. The predicted octanol–water partition coefficient (Wildman–Crippen LogP) is 2.29. The van der Waals surface area contributed by atoms with E-state index in [2.05, 4.69) is 35.7 Å². The van der Waals surface area contributed by atoms with Gasteiger partial charge in [-0.1, -0.05) is 0 Å². The Bertz CT molecular complexity index is 458. The topological polar surface area (TPSA) is 29.9 Å². The minimum absolute atomic E-state index is 0.392. The number of aryl methyl sites for hydroxylation is 2. The number of rotatable bonds is 4. The van der Waals surface area contributed by atoms with E-state index in [0.717, 1.165) is 6.42 Å². The zero-order valence-corrected chi connectivity index (χ0v) is 10.7. The van der Waals surface area contributed by atoms with E-state index in [1.807, 2.05) is 36.3 Å². The predicted molar refractivity (Wildman–Crippen MR) is 67.8 cm³/mol. The van der Waals surface area contributed by atoms with Crippen molar-refractivity contribution in [2.24, 2.45) is 7.05 Å². The summed E-state index contributed by atoms with van der Waals surface area (Å²) in [5, 5.41) is 7.56. The number of hydrogen-bond acceptors (Lipinski definition) is 3. The van der Waals surface area contributed by atoms with Crippen molar-refractivity contribution in [3.05, 3.63) is 39.8 Å². The van der Waals surface area contributed by atoms with Crippen molar-refractivity contribution < 1.29 is 0 Å². The van der Waals surface area contributed by atoms with Crippen LogP contribution in [0.15, 0.2) is 24.5 Å². The first kappa shape index (κ1) is 11.4. The highest BCUT2D eigenvalue weighted by Gasteiger charge is 2.12. The number of nitrogens with one attached hydrogen (secondary N) is 1. The van der Waals surface area contributed by atoms with E-state index in [0.29, 0.717) is 6.04 Å². The van der Waals surface area contributed by atoms with Crippen LogP contribution in [-0.2, 0) is 13.5 Å². The minimum Gasteiger partial charge on any atom is -0.312 e. The Kier molecular flexibility index (Phi) is 3.41. The highest BCUT2D eigenvalue weighted by molar-refractivity contribution is 7.12. The van der Waals surface area contributed by atoms with Gasteiger partial charge < -0.3 is 5.32 Å². The van der Waals surface area contributed by atoms with Crippen molar-refractivity contribution in [3.8, 4) is 0 Å². The number of likely N-dealkylation sites (N-methyl/N-ethyl adjacent to an activating group) is 1. The lowest BCUT2D eigenvalue weighted by Crippen LogP contribution is -2.17. The molecular formula is C12H17N3S. The molecular weight excluding hydrogens is 218 g/mol. The molecule has 0 aliphatic carbocycles. The van der Waals surface area contributed by atoms with Gasteiger partial charge in [0.15, 0.2) is 0 Å². The molecule has 4 heteroatoms. The molecule has 2 aromatic rings. The smallest absolute Gasteiger partial charge is 0.0522 e. The summed E-state index contributed by atoms with van der Waals surface area (Å²) in [5.41, 5.74) is 1.27. The van der Waals surface area contributed by atoms with Gasteiger partial charge in [-0.05, 0) is 38.1 Å². The van der Waals surface area contributed by atoms with Crippen LogP contribution in [0.25, 0.3) is 0 Å². The zero-order valence-electron chi connectivity index (χ0n) is 9.90. The standard InChI is InChI=1S/C12H17N3S/c1-9-4-5-12(16-9)11(13-2)6-10-7-14-15(3)8-10/h4-5,7-8,11,13H,6H2,1-3H3. The summed E-state index contributed by atoms with van der Waals surface area (Å²) in [6, 6.07) is 4.77. The van der Waals surface area contributed by atoms with E-state index in [1.54, 1.807) is 0 Å². The van der Waals surface area contributed by atoms with Crippen molar-refractivity contribution >= 4 is 11.3 Å². The molecule has 0 spiro atoms. The highest BCUT2D eigenvalue weighted by atomic mass is 32.1. The molecule has 86 valence electrons. The summed E-state index contributed by atoms with van der Waals surface area (Å²) in [5.74, 6) is 0. The molecule has 1 atom stereocenters. The molecule has 2 heterocycles. The van der Waals surface area contributed by atoms with Crippen LogP contribution in [-0.4, -0.2) is 16.8 Å². The Labute approximate surface area is 100 Å². The second kappa shape index (κ2) is 4.80. The fourth-order valence-corrected chi connectivity index (χ4v) is 2.79. The zero-order chi connectivity index (χ0) is 11.5. The Morgan fingerprint density at radius 3 is 2.81 bits per heavy atom.